The summed E-state index contributed by atoms with van der Waals surface area (Å²) in [7, 11) is 0. The fourth-order valence-corrected chi connectivity index (χ4v) is 3.33. The molecular weight excluding hydrogens is 306 g/mol. The number of Topliss-reactive ketones (excluding diaryl/α,β-unsaturated/α-hetero) is 1. The molecule has 0 aliphatic heterocycles. The molecule has 25 heavy (non-hydrogen) atoms. The second-order valence-electron chi connectivity index (χ2n) is 7.36. The number of ketones is 1. The molecular formula is C23H39NO. The molecule has 0 radical (unpaired) electrons. The van der Waals surface area contributed by atoms with E-state index in [4.69, 9.17) is 0 Å². The number of unbranched alkanes of at least 4 members (excludes halogenated alkanes) is 14. The molecule has 0 atom stereocenters. The first-order chi connectivity index (χ1) is 12.3. The van der Waals surface area contributed by atoms with Gasteiger partial charge < -0.3 is 0 Å². The first-order valence-electron chi connectivity index (χ1n) is 10.8. The van der Waals surface area contributed by atoms with Gasteiger partial charge in [0.25, 0.3) is 0 Å². The molecule has 1 rings (SSSR count). The fourth-order valence-electron chi connectivity index (χ4n) is 3.33. The summed E-state index contributed by atoms with van der Waals surface area (Å²) in [6, 6.07) is 3.69. The van der Waals surface area contributed by atoms with Crippen LogP contribution < -0.4 is 0 Å². The van der Waals surface area contributed by atoms with Gasteiger partial charge in [0.05, 0.1) is 0 Å². The maximum atomic E-state index is 11.9. The van der Waals surface area contributed by atoms with E-state index < -0.39 is 0 Å². The number of rotatable bonds is 17. The van der Waals surface area contributed by atoms with Gasteiger partial charge in [-0.2, -0.15) is 0 Å². The molecule has 0 aromatic carbocycles. The normalized spacial score (nSPS) is 10.9. The molecule has 0 aliphatic rings. The summed E-state index contributed by atoms with van der Waals surface area (Å²) in [6.07, 6.45) is 24.4. The third-order valence-electron chi connectivity index (χ3n) is 4.99. The van der Waals surface area contributed by atoms with Crippen LogP contribution in [0.1, 0.15) is 120 Å². The molecule has 2 heteroatoms. The molecule has 0 fully saturated rings. The van der Waals surface area contributed by atoms with Gasteiger partial charge in [-0.15, -0.1) is 0 Å². The van der Waals surface area contributed by atoms with Gasteiger partial charge in [0, 0.05) is 24.4 Å². The van der Waals surface area contributed by atoms with Gasteiger partial charge in [0.2, 0.25) is 0 Å². The Bertz CT molecular complexity index is 415. The Kier molecular flexibility index (Phi) is 14.3. The summed E-state index contributed by atoms with van der Waals surface area (Å²) in [5.41, 5.74) is 0.757. The average molecular weight is 346 g/mol. The fraction of sp³-hybridized carbons (Fsp3) is 0.739. The van der Waals surface area contributed by atoms with Crippen molar-refractivity contribution in [3.8, 4) is 0 Å². The van der Waals surface area contributed by atoms with Crippen LogP contribution in [0.15, 0.2) is 24.5 Å². The van der Waals surface area contributed by atoms with E-state index in [-0.39, 0.29) is 5.78 Å². The van der Waals surface area contributed by atoms with E-state index >= 15 is 0 Å². The molecule has 1 aromatic rings. The summed E-state index contributed by atoms with van der Waals surface area (Å²) in [5, 5.41) is 0. The van der Waals surface area contributed by atoms with Gasteiger partial charge >= 0.3 is 0 Å². The molecule has 0 spiro atoms. The van der Waals surface area contributed by atoms with Gasteiger partial charge in [-0.3, -0.25) is 9.78 Å². The molecule has 1 heterocycles. The maximum Gasteiger partial charge on any atom is 0.164 e. The topological polar surface area (TPSA) is 30.0 Å². The van der Waals surface area contributed by atoms with E-state index in [2.05, 4.69) is 11.9 Å². The van der Waals surface area contributed by atoms with Crippen molar-refractivity contribution in [2.75, 3.05) is 0 Å². The van der Waals surface area contributed by atoms with E-state index in [0.29, 0.717) is 6.42 Å². The van der Waals surface area contributed by atoms with E-state index in [1.807, 2.05) is 12.1 Å². The van der Waals surface area contributed by atoms with Crippen LogP contribution >= 0.6 is 0 Å². The van der Waals surface area contributed by atoms with E-state index in [9.17, 15) is 4.79 Å². The summed E-state index contributed by atoms with van der Waals surface area (Å²) in [4.78, 5) is 15.9. The van der Waals surface area contributed by atoms with Gasteiger partial charge in [0.1, 0.15) is 0 Å². The number of carbonyl (C=O) groups is 1. The van der Waals surface area contributed by atoms with Crippen molar-refractivity contribution in [1.29, 1.82) is 0 Å². The number of carbonyl (C=O) groups excluding carboxylic acids is 1. The predicted octanol–water partition coefficient (Wildman–Crippen LogP) is 7.53. The van der Waals surface area contributed by atoms with Crippen molar-refractivity contribution in [1.82, 2.24) is 4.98 Å². The monoisotopic (exact) mass is 345 g/mol. The van der Waals surface area contributed by atoms with E-state index in [1.54, 1.807) is 12.4 Å². The lowest BCUT2D eigenvalue weighted by atomic mass is 10.0. The highest BCUT2D eigenvalue weighted by molar-refractivity contribution is 5.95. The van der Waals surface area contributed by atoms with Crippen LogP contribution in [0.3, 0.4) is 0 Å². The zero-order chi connectivity index (χ0) is 18.0. The van der Waals surface area contributed by atoms with Crippen LogP contribution in [-0.2, 0) is 0 Å². The number of hydrogen-bond donors (Lipinski definition) is 0. The molecule has 2 nitrogen and oxygen atoms in total. The molecule has 142 valence electrons. The quantitative estimate of drug-likeness (QED) is 0.216. The number of hydrogen-bond acceptors (Lipinski definition) is 2. The first-order valence-corrected chi connectivity index (χ1v) is 10.8. The molecule has 1 aromatic heterocycles. The minimum absolute atomic E-state index is 0.239. The minimum atomic E-state index is 0.239. The van der Waals surface area contributed by atoms with Gasteiger partial charge in [-0.1, -0.05) is 96.8 Å². The van der Waals surface area contributed by atoms with Gasteiger partial charge in [-0.25, -0.2) is 0 Å². The highest BCUT2D eigenvalue weighted by atomic mass is 16.1. The van der Waals surface area contributed by atoms with Crippen LogP contribution in [0.5, 0.6) is 0 Å². The average Bonchev–Trinajstić information content (AvgIpc) is 2.65. The highest BCUT2D eigenvalue weighted by Gasteiger charge is 2.04. The highest BCUT2D eigenvalue weighted by Crippen LogP contribution is 2.14. The Labute approximate surface area is 155 Å². The van der Waals surface area contributed by atoms with Crippen LogP contribution in [-0.4, -0.2) is 10.8 Å². The Morgan fingerprint density at radius 3 is 1.68 bits per heavy atom. The number of aromatic nitrogens is 1. The largest absolute Gasteiger partial charge is 0.294 e. The third-order valence-corrected chi connectivity index (χ3v) is 4.99. The van der Waals surface area contributed by atoms with Gasteiger partial charge in [0.15, 0.2) is 5.78 Å². The zero-order valence-electron chi connectivity index (χ0n) is 16.5. The molecule has 0 aliphatic carbocycles. The van der Waals surface area contributed by atoms with Crippen molar-refractivity contribution in [2.24, 2.45) is 0 Å². The Morgan fingerprint density at radius 1 is 0.760 bits per heavy atom. The van der Waals surface area contributed by atoms with E-state index in [0.717, 1.165) is 12.0 Å². The lowest BCUT2D eigenvalue weighted by Crippen LogP contribution is -1.99. The second kappa shape index (κ2) is 16.3. The summed E-state index contributed by atoms with van der Waals surface area (Å²) < 4.78 is 0. The van der Waals surface area contributed by atoms with Crippen molar-refractivity contribution in [3.63, 3.8) is 0 Å². The van der Waals surface area contributed by atoms with Crippen LogP contribution in [0, 0.1) is 0 Å². The zero-order valence-corrected chi connectivity index (χ0v) is 16.5. The summed E-state index contributed by atoms with van der Waals surface area (Å²) in [6.45, 7) is 2.28. The van der Waals surface area contributed by atoms with Crippen LogP contribution in [0.4, 0.5) is 0 Å². The lowest BCUT2D eigenvalue weighted by Gasteiger charge is -2.03. The Hall–Kier alpha value is -1.18. The lowest BCUT2D eigenvalue weighted by molar-refractivity contribution is 0.0978. The van der Waals surface area contributed by atoms with Crippen molar-refractivity contribution >= 4 is 5.78 Å². The molecule has 0 saturated heterocycles. The standard InChI is InChI=1S/C23H39NO/c1-2-3-4-5-6-7-8-9-10-11-12-13-14-15-16-19-23(25)22-18-17-20-24-21-22/h17-18,20-21H,2-16,19H2,1H3. The number of pyridine rings is 1. The SMILES string of the molecule is CCCCCCCCCCCCCCCCCC(=O)c1cccnc1. The molecule has 0 bridgehead atoms. The summed E-state index contributed by atoms with van der Waals surface area (Å²) in [5.74, 6) is 0.239. The van der Waals surface area contributed by atoms with Crippen molar-refractivity contribution in [2.45, 2.75) is 110 Å². The Morgan fingerprint density at radius 2 is 1.24 bits per heavy atom. The molecule has 0 N–H and O–H groups in total. The smallest absolute Gasteiger partial charge is 0.164 e. The Balaban J connectivity index is 1.78. The van der Waals surface area contributed by atoms with Crippen LogP contribution in [0.25, 0.3) is 0 Å². The van der Waals surface area contributed by atoms with Crippen LogP contribution in [0.2, 0.25) is 0 Å². The third kappa shape index (κ3) is 12.8. The maximum absolute atomic E-state index is 11.9. The molecule has 0 amide bonds. The van der Waals surface area contributed by atoms with Crippen molar-refractivity contribution in [3.05, 3.63) is 30.1 Å². The van der Waals surface area contributed by atoms with Gasteiger partial charge in [-0.05, 0) is 18.6 Å². The van der Waals surface area contributed by atoms with Crippen molar-refractivity contribution < 1.29 is 4.79 Å². The molecule has 0 unspecified atom stereocenters. The summed E-state index contributed by atoms with van der Waals surface area (Å²) >= 11 is 0. The van der Waals surface area contributed by atoms with E-state index in [1.165, 1.54) is 89.9 Å². The first kappa shape index (κ1) is 21.9. The predicted molar refractivity (Wildman–Crippen MR) is 108 cm³/mol. The second-order valence-corrected chi connectivity index (χ2v) is 7.36. The number of nitrogens with zero attached hydrogens (tertiary/aromatic N) is 1. The molecule has 0 saturated carbocycles. The minimum Gasteiger partial charge on any atom is -0.294 e.